The third-order valence-corrected chi connectivity index (χ3v) is 2.60. The van der Waals surface area contributed by atoms with E-state index in [9.17, 15) is 61.5 Å². The molecule has 1 rings (SSSR count). The lowest BCUT2D eigenvalue weighted by Gasteiger charge is -2.36. The highest BCUT2D eigenvalue weighted by Gasteiger charge is 2.97. The fourth-order valence-electron chi connectivity index (χ4n) is 1.52. The van der Waals surface area contributed by atoms with Gasteiger partial charge in [-0.15, -0.1) is 4.90 Å². The second-order valence-electron chi connectivity index (χ2n) is 4.06. The van der Waals surface area contributed by atoms with Gasteiger partial charge in [0, 0.05) is 0 Å². The van der Waals surface area contributed by atoms with Gasteiger partial charge in [0.1, 0.15) is 0 Å². The number of hydrogen-bond acceptors (Lipinski definition) is 1. The summed E-state index contributed by atoms with van der Waals surface area (Å²) in [6.45, 7) is 0. The van der Waals surface area contributed by atoms with Crippen LogP contribution >= 0.6 is 0 Å². The van der Waals surface area contributed by atoms with E-state index in [0.717, 1.165) is 0 Å². The highest BCUT2D eigenvalue weighted by molar-refractivity contribution is 5.14. The molecule has 1 fully saturated rings. The van der Waals surface area contributed by atoms with Crippen LogP contribution in [0.1, 0.15) is 0 Å². The topological polar surface area (TPSA) is 3.24 Å². The predicted octanol–water partition coefficient (Wildman–Crippen LogP) is 4.25. The van der Waals surface area contributed by atoms with Gasteiger partial charge in [-0.05, 0) is 0 Å². The summed E-state index contributed by atoms with van der Waals surface area (Å²) in [5, 5.41) is 0. The zero-order valence-corrected chi connectivity index (χ0v) is 9.32. The number of rotatable bonds is 2. The third kappa shape index (κ3) is 1.96. The average Bonchev–Trinajstić information content (AvgIpc) is 2.30. The van der Waals surface area contributed by atoms with Crippen molar-refractivity contribution in [2.24, 2.45) is 0 Å². The first-order valence-corrected chi connectivity index (χ1v) is 4.67. The van der Waals surface area contributed by atoms with Crippen molar-refractivity contribution in [1.82, 2.24) is 4.90 Å². The largest absolute Gasteiger partial charge is 0.427 e. The summed E-state index contributed by atoms with van der Waals surface area (Å²) >= 11 is 0. The average molecular weight is 365 g/mol. The van der Waals surface area contributed by atoms with Gasteiger partial charge in [-0.1, -0.05) is 0 Å². The van der Waals surface area contributed by atoms with Gasteiger partial charge in [0.2, 0.25) is 0 Å². The molecule has 22 heavy (non-hydrogen) atoms. The summed E-state index contributed by atoms with van der Waals surface area (Å²) in [7, 11) is 0. The minimum absolute atomic E-state index is 3.74. The first-order valence-electron chi connectivity index (χ1n) is 4.67. The van der Waals surface area contributed by atoms with E-state index in [4.69, 9.17) is 0 Å². The Morgan fingerprint density at radius 1 is 0.636 bits per heavy atom. The fourth-order valence-corrected chi connectivity index (χ4v) is 1.52. The highest BCUT2D eigenvalue weighted by atomic mass is 19.4. The molecule has 0 radical (unpaired) electrons. The zero-order valence-electron chi connectivity index (χ0n) is 9.32. The molecule has 15 heteroatoms. The lowest BCUT2D eigenvalue weighted by molar-refractivity contribution is -0.396. The first-order chi connectivity index (χ1) is 9.27. The number of halogens is 14. The minimum Gasteiger partial charge on any atom is -0.229 e. The van der Waals surface area contributed by atoms with Crippen LogP contribution in [0, 0.1) is 0 Å². The van der Waals surface area contributed by atoms with Gasteiger partial charge in [0.05, 0.1) is 0 Å². The van der Waals surface area contributed by atoms with E-state index >= 15 is 0 Å². The van der Waals surface area contributed by atoms with E-state index in [-0.39, 0.29) is 0 Å². The SMILES string of the molecule is FC(C(F)(F)F)C(F)(F)N1C(F)(F)C(F)(F)C(F)(F)C1(F)F. The first kappa shape index (κ1) is 19.0. The molecule has 0 aromatic carbocycles. The normalized spacial score (nSPS) is 28.6. The summed E-state index contributed by atoms with van der Waals surface area (Å²) in [5.74, 6) is -14.4. The second kappa shape index (κ2) is 4.29. The van der Waals surface area contributed by atoms with E-state index in [1.165, 1.54) is 0 Å². The van der Waals surface area contributed by atoms with E-state index < -0.39 is 47.2 Å². The van der Waals surface area contributed by atoms with Crippen LogP contribution in [-0.4, -0.2) is 47.2 Å². The molecule has 0 saturated carbocycles. The molecule has 0 aromatic heterocycles. The highest BCUT2D eigenvalue weighted by Crippen LogP contribution is 2.66. The van der Waals surface area contributed by atoms with E-state index in [0.29, 0.717) is 0 Å². The van der Waals surface area contributed by atoms with Gasteiger partial charge in [-0.2, -0.15) is 57.1 Å². The maximum Gasteiger partial charge on any atom is 0.427 e. The molecule has 0 N–H and O–H groups in total. The summed E-state index contributed by atoms with van der Waals surface area (Å²) in [5.41, 5.74) is 0. The van der Waals surface area contributed by atoms with Crippen molar-refractivity contribution in [3.05, 3.63) is 0 Å². The Kier molecular flexibility index (Phi) is 3.71. The van der Waals surface area contributed by atoms with Crippen molar-refractivity contribution in [3.63, 3.8) is 0 Å². The number of hydrogen-bond donors (Lipinski definition) is 0. The van der Waals surface area contributed by atoms with Crippen LogP contribution in [0.4, 0.5) is 61.5 Å². The Morgan fingerprint density at radius 2 is 0.909 bits per heavy atom. The molecule has 0 bridgehead atoms. The Balaban J connectivity index is 3.59. The fraction of sp³-hybridized carbons (Fsp3) is 1.00. The lowest BCUT2D eigenvalue weighted by atomic mass is 10.2. The van der Waals surface area contributed by atoms with Crippen LogP contribution in [0.25, 0.3) is 0 Å². The summed E-state index contributed by atoms with van der Waals surface area (Å²) in [4.78, 5) is -3.74. The second-order valence-corrected chi connectivity index (χ2v) is 4.06. The van der Waals surface area contributed by atoms with Crippen LogP contribution in [0.5, 0.6) is 0 Å². The predicted molar refractivity (Wildman–Crippen MR) is 37.5 cm³/mol. The zero-order chi connectivity index (χ0) is 18.2. The summed E-state index contributed by atoms with van der Waals surface area (Å²) in [6, 6.07) is -21.5. The van der Waals surface area contributed by atoms with Crippen molar-refractivity contribution >= 4 is 0 Å². The van der Waals surface area contributed by atoms with Crippen LogP contribution in [0.3, 0.4) is 0 Å². The standard InChI is InChI=1S/C7HF14N/c8-1(2(9,10)11)3(12,13)22-6(18,19)4(14,15)5(16,17)7(22,20)21/h1H. The maximum absolute atomic E-state index is 12.9. The molecule has 1 aliphatic rings. The Labute approximate surface area is 110 Å². The van der Waals surface area contributed by atoms with Gasteiger partial charge >= 0.3 is 36.2 Å². The van der Waals surface area contributed by atoms with Gasteiger partial charge < -0.3 is 0 Å². The van der Waals surface area contributed by atoms with Crippen molar-refractivity contribution in [3.8, 4) is 0 Å². The van der Waals surface area contributed by atoms with Gasteiger partial charge in [-0.25, -0.2) is 4.39 Å². The smallest absolute Gasteiger partial charge is 0.229 e. The molecular weight excluding hydrogens is 364 g/mol. The molecule has 0 amide bonds. The van der Waals surface area contributed by atoms with E-state index in [1.54, 1.807) is 0 Å². The van der Waals surface area contributed by atoms with Crippen LogP contribution < -0.4 is 0 Å². The molecule has 0 aromatic rings. The van der Waals surface area contributed by atoms with Gasteiger partial charge in [0.25, 0.3) is 6.17 Å². The quantitative estimate of drug-likeness (QED) is 0.523. The number of nitrogens with zero attached hydrogens (tertiary/aromatic N) is 1. The van der Waals surface area contributed by atoms with E-state index in [2.05, 4.69) is 0 Å². The Bertz CT molecular complexity index is 423. The molecule has 1 aliphatic heterocycles. The van der Waals surface area contributed by atoms with Crippen molar-refractivity contribution < 1.29 is 61.5 Å². The monoisotopic (exact) mass is 365 g/mol. The molecule has 1 saturated heterocycles. The summed E-state index contributed by atoms with van der Waals surface area (Å²) < 4.78 is 175. The molecule has 1 heterocycles. The van der Waals surface area contributed by atoms with Crippen molar-refractivity contribution in [2.45, 2.75) is 42.3 Å². The molecular formula is C7HF14N. The molecule has 1 unspecified atom stereocenters. The van der Waals surface area contributed by atoms with Crippen LogP contribution in [0.2, 0.25) is 0 Å². The molecule has 1 nitrogen and oxygen atoms in total. The minimum atomic E-state index is -7.20. The van der Waals surface area contributed by atoms with E-state index in [1.807, 2.05) is 0 Å². The van der Waals surface area contributed by atoms with Crippen LogP contribution in [-0.2, 0) is 0 Å². The molecule has 0 spiro atoms. The summed E-state index contributed by atoms with van der Waals surface area (Å²) in [6.07, 6.45) is -12.6. The number of alkyl halides is 14. The van der Waals surface area contributed by atoms with Crippen LogP contribution in [0.15, 0.2) is 0 Å². The van der Waals surface area contributed by atoms with Crippen molar-refractivity contribution in [2.75, 3.05) is 0 Å². The molecule has 1 atom stereocenters. The van der Waals surface area contributed by atoms with Gasteiger partial charge in [0.15, 0.2) is 0 Å². The molecule has 0 aliphatic carbocycles. The maximum atomic E-state index is 12.9. The third-order valence-electron chi connectivity index (χ3n) is 2.60. The molecule has 132 valence electrons. The van der Waals surface area contributed by atoms with Gasteiger partial charge in [-0.3, -0.25) is 0 Å². The lowest BCUT2D eigenvalue weighted by Crippen LogP contribution is -2.64. The van der Waals surface area contributed by atoms with Crippen molar-refractivity contribution in [1.29, 1.82) is 0 Å². The Morgan fingerprint density at radius 3 is 1.14 bits per heavy atom. The number of likely N-dealkylation sites (tertiary alicyclic amines) is 1. The Hall–Kier alpha value is -1.02.